The Morgan fingerprint density at radius 1 is 1.15 bits per heavy atom. The van der Waals surface area contributed by atoms with E-state index in [1.807, 2.05) is 16.7 Å². The summed E-state index contributed by atoms with van der Waals surface area (Å²) in [7, 11) is 0. The fraction of sp³-hybridized carbons (Fsp3) is 0.154. The van der Waals surface area contributed by atoms with Crippen LogP contribution in [0.4, 0.5) is 5.95 Å². The zero-order chi connectivity index (χ0) is 14.3. The summed E-state index contributed by atoms with van der Waals surface area (Å²) in [6.07, 6.45) is 0.841. The SMILES string of the molecule is Nc1nc2cc(Cl)c(Cl)cc2n1CCc1ccc(Cl)s1. The van der Waals surface area contributed by atoms with E-state index in [4.69, 9.17) is 40.5 Å². The molecule has 3 rings (SSSR count). The number of hydrogen-bond donors (Lipinski definition) is 1. The number of rotatable bonds is 3. The molecule has 0 saturated carbocycles. The predicted octanol–water partition coefficient (Wildman–Crippen LogP) is 4.88. The summed E-state index contributed by atoms with van der Waals surface area (Å²) in [5.41, 5.74) is 7.61. The van der Waals surface area contributed by atoms with Gasteiger partial charge in [0.2, 0.25) is 5.95 Å². The highest BCUT2D eigenvalue weighted by Gasteiger charge is 2.11. The summed E-state index contributed by atoms with van der Waals surface area (Å²) in [5.74, 6) is 0.459. The van der Waals surface area contributed by atoms with Gasteiger partial charge in [0, 0.05) is 11.4 Å². The fourth-order valence-electron chi connectivity index (χ4n) is 2.08. The average Bonchev–Trinajstić information content (AvgIpc) is 2.92. The third-order valence-electron chi connectivity index (χ3n) is 3.03. The van der Waals surface area contributed by atoms with E-state index in [1.165, 1.54) is 4.88 Å². The number of nitrogens with two attached hydrogens (primary N) is 1. The third kappa shape index (κ3) is 2.61. The molecule has 0 atom stereocenters. The minimum atomic E-state index is 0.459. The maximum atomic E-state index is 6.06. The molecular formula is C13H10Cl3N3S. The van der Waals surface area contributed by atoms with Gasteiger partial charge in [0.05, 0.1) is 25.4 Å². The molecule has 0 saturated heterocycles. The van der Waals surface area contributed by atoms with E-state index in [0.29, 0.717) is 16.0 Å². The first-order valence-corrected chi connectivity index (χ1v) is 7.84. The van der Waals surface area contributed by atoms with E-state index < -0.39 is 0 Å². The number of imidazole rings is 1. The van der Waals surface area contributed by atoms with Gasteiger partial charge in [-0.2, -0.15) is 0 Å². The van der Waals surface area contributed by atoms with Crippen molar-refractivity contribution in [2.24, 2.45) is 0 Å². The van der Waals surface area contributed by atoms with Crippen molar-refractivity contribution in [3.63, 3.8) is 0 Å². The van der Waals surface area contributed by atoms with Gasteiger partial charge in [-0.05, 0) is 30.7 Å². The first-order chi connectivity index (χ1) is 9.54. The van der Waals surface area contributed by atoms with Crippen LogP contribution in [0.2, 0.25) is 14.4 Å². The summed E-state index contributed by atoms with van der Waals surface area (Å²) in [6.45, 7) is 0.719. The van der Waals surface area contributed by atoms with Crippen molar-refractivity contribution in [2.75, 3.05) is 5.73 Å². The number of halogens is 3. The highest BCUT2D eigenvalue weighted by atomic mass is 35.5. The monoisotopic (exact) mass is 345 g/mol. The molecule has 0 aliphatic rings. The fourth-order valence-corrected chi connectivity index (χ4v) is 3.47. The number of hydrogen-bond acceptors (Lipinski definition) is 3. The number of aromatic nitrogens is 2. The van der Waals surface area contributed by atoms with Crippen molar-refractivity contribution in [3.05, 3.63) is 43.5 Å². The van der Waals surface area contributed by atoms with Crippen LogP contribution in [0.3, 0.4) is 0 Å². The second-order valence-corrected chi connectivity index (χ2v) is 6.95. The number of benzene rings is 1. The molecule has 0 amide bonds. The molecule has 0 aliphatic heterocycles. The molecule has 0 unspecified atom stereocenters. The zero-order valence-electron chi connectivity index (χ0n) is 10.2. The number of nitrogens with zero attached hydrogens (tertiary/aromatic N) is 2. The van der Waals surface area contributed by atoms with Crippen LogP contribution in [0, 0.1) is 0 Å². The minimum Gasteiger partial charge on any atom is -0.369 e. The second kappa shape index (κ2) is 5.45. The van der Waals surface area contributed by atoms with Gasteiger partial charge in [-0.3, -0.25) is 0 Å². The quantitative estimate of drug-likeness (QED) is 0.734. The molecule has 0 aliphatic carbocycles. The largest absolute Gasteiger partial charge is 0.369 e. The molecule has 0 bridgehead atoms. The van der Waals surface area contributed by atoms with Crippen molar-refractivity contribution < 1.29 is 0 Å². The lowest BCUT2D eigenvalue weighted by Crippen LogP contribution is -2.05. The molecule has 20 heavy (non-hydrogen) atoms. The Balaban J connectivity index is 1.94. The summed E-state index contributed by atoms with van der Waals surface area (Å²) >= 11 is 19.5. The van der Waals surface area contributed by atoms with Crippen molar-refractivity contribution in [1.29, 1.82) is 0 Å². The highest BCUT2D eigenvalue weighted by molar-refractivity contribution is 7.16. The van der Waals surface area contributed by atoms with Gasteiger partial charge in [0.25, 0.3) is 0 Å². The van der Waals surface area contributed by atoms with Crippen molar-refractivity contribution in [1.82, 2.24) is 9.55 Å². The van der Waals surface area contributed by atoms with Crippen LogP contribution >= 0.6 is 46.1 Å². The molecule has 104 valence electrons. The van der Waals surface area contributed by atoms with E-state index in [-0.39, 0.29) is 0 Å². The van der Waals surface area contributed by atoms with Gasteiger partial charge >= 0.3 is 0 Å². The Kier molecular flexibility index (Phi) is 3.82. The smallest absolute Gasteiger partial charge is 0.201 e. The van der Waals surface area contributed by atoms with Crippen LogP contribution in [-0.2, 0) is 13.0 Å². The molecule has 3 aromatic rings. The normalized spacial score (nSPS) is 11.3. The van der Waals surface area contributed by atoms with Crippen LogP contribution in [0.1, 0.15) is 4.88 Å². The minimum absolute atomic E-state index is 0.459. The van der Waals surface area contributed by atoms with Crippen LogP contribution in [0.15, 0.2) is 24.3 Å². The maximum absolute atomic E-state index is 6.06. The average molecular weight is 347 g/mol. The standard InChI is InChI=1S/C13H10Cl3N3S/c14-8-5-10-11(6-9(8)15)19(13(17)18-10)4-3-7-1-2-12(16)20-7/h1-2,5-6H,3-4H2,(H2,17,18). The number of fused-ring (bicyclic) bond motifs is 1. The number of anilines is 1. The molecule has 3 nitrogen and oxygen atoms in total. The lowest BCUT2D eigenvalue weighted by atomic mass is 10.3. The Hall–Kier alpha value is -0.940. The van der Waals surface area contributed by atoms with Crippen LogP contribution in [-0.4, -0.2) is 9.55 Å². The maximum Gasteiger partial charge on any atom is 0.201 e. The highest BCUT2D eigenvalue weighted by Crippen LogP contribution is 2.29. The van der Waals surface area contributed by atoms with Gasteiger partial charge in [0.15, 0.2) is 0 Å². The Labute approximate surface area is 134 Å². The van der Waals surface area contributed by atoms with E-state index in [0.717, 1.165) is 28.3 Å². The number of aryl methyl sites for hydroxylation is 2. The molecule has 0 spiro atoms. The predicted molar refractivity (Wildman–Crippen MR) is 87.2 cm³/mol. The molecule has 7 heteroatoms. The first kappa shape index (κ1) is 14.0. The van der Waals surface area contributed by atoms with Gasteiger partial charge in [-0.25, -0.2) is 4.98 Å². The van der Waals surface area contributed by atoms with E-state index in [9.17, 15) is 0 Å². The third-order valence-corrected chi connectivity index (χ3v) is 5.04. The Morgan fingerprint density at radius 3 is 2.60 bits per heavy atom. The summed E-state index contributed by atoms with van der Waals surface area (Å²) in [6, 6.07) is 7.44. The van der Waals surface area contributed by atoms with E-state index in [1.54, 1.807) is 23.5 Å². The Bertz CT molecular complexity index is 779. The molecule has 2 heterocycles. The van der Waals surface area contributed by atoms with Crippen molar-refractivity contribution in [3.8, 4) is 0 Å². The number of nitrogen functional groups attached to an aromatic ring is 1. The van der Waals surface area contributed by atoms with Crippen LogP contribution in [0.5, 0.6) is 0 Å². The van der Waals surface area contributed by atoms with Crippen molar-refractivity contribution in [2.45, 2.75) is 13.0 Å². The summed E-state index contributed by atoms with van der Waals surface area (Å²) < 4.78 is 2.73. The molecule has 2 N–H and O–H groups in total. The van der Waals surface area contributed by atoms with E-state index in [2.05, 4.69) is 4.98 Å². The van der Waals surface area contributed by atoms with Gasteiger partial charge < -0.3 is 10.3 Å². The van der Waals surface area contributed by atoms with Crippen LogP contribution in [0.25, 0.3) is 11.0 Å². The molecule has 2 aromatic heterocycles. The van der Waals surface area contributed by atoms with Gasteiger partial charge in [0.1, 0.15) is 0 Å². The van der Waals surface area contributed by atoms with E-state index >= 15 is 0 Å². The lowest BCUT2D eigenvalue weighted by Gasteiger charge is -2.05. The molecular weight excluding hydrogens is 337 g/mol. The molecule has 0 radical (unpaired) electrons. The molecule has 1 aromatic carbocycles. The van der Waals surface area contributed by atoms with Gasteiger partial charge in [-0.15, -0.1) is 11.3 Å². The van der Waals surface area contributed by atoms with Crippen LogP contribution < -0.4 is 5.73 Å². The summed E-state index contributed by atoms with van der Waals surface area (Å²) in [5, 5.41) is 0.980. The molecule has 0 fully saturated rings. The lowest BCUT2D eigenvalue weighted by molar-refractivity contribution is 0.733. The first-order valence-electron chi connectivity index (χ1n) is 5.89. The Morgan fingerprint density at radius 2 is 1.90 bits per heavy atom. The van der Waals surface area contributed by atoms with Crippen molar-refractivity contribution >= 4 is 63.1 Å². The number of thiophene rings is 1. The zero-order valence-corrected chi connectivity index (χ0v) is 13.3. The topological polar surface area (TPSA) is 43.8 Å². The van der Waals surface area contributed by atoms with Gasteiger partial charge in [-0.1, -0.05) is 34.8 Å². The summed E-state index contributed by atoms with van der Waals surface area (Å²) in [4.78, 5) is 5.51. The second-order valence-electron chi connectivity index (χ2n) is 4.33.